The summed E-state index contributed by atoms with van der Waals surface area (Å²) in [5.41, 5.74) is -0.230. The smallest absolute Gasteiger partial charge is 0.253 e. The molecule has 0 spiro atoms. The summed E-state index contributed by atoms with van der Waals surface area (Å²) in [5, 5.41) is 8.80. The van der Waals surface area contributed by atoms with Crippen LogP contribution in [0.3, 0.4) is 0 Å². The number of carbonyl (C=O) groups excluding carboxylic acids is 2. The Labute approximate surface area is 83.2 Å². The van der Waals surface area contributed by atoms with Gasteiger partial charge in [-0.2, -0.15) is 0 Å². The first-order chi connectivity index (χ1) is 6.46. The first kappa shape index (κ1) is 10.9. The molecule has 0 aromatic carbocycles. The van der Waals surface area contributed by atoms with Crippen molar-refractivity contribution in [3.63, 3.8) is 0 Å². The minimum atomic E-state index is -0.263. The predicted molar refractivity (Wildman–Crippen MR) is 51.3 cm³/mol. The second-order valence-electron chi connectivity index (χ2n) is 4.23. The van der Waals surface area contributed by atoms with Crippen LogP contribution in [0.25, 0.3) is 0 Å². The Balaban J connectivity index is 2.60. The molecule has 0 aromatic rings. The molecule has 1 aliphatic heterocycles. The third-order valence-corrected chi connectivity index (χ3v) is 2.28. The van der Waals surface area contributed by atoms with E-state index in [0.717, 1.165) is 0 Å². The fourth-order valence-corrected chi connectivity index (χ4v) is 1.40. The van der Waals surface area contributed by atoms with Gasteiger partial charge in [-0.3, -0.25) is 14.5 Å². The van der Waals surface area contributed by atoms with Crippen molar-refractivity contribution in [1.82, 2.24) is 4.90 Å². The van der Waals surface area contributed by atoms with Crippen molar-refractivity contribution in [1.29, 1.82) is 0 Å². The van der Waals surface area contributed by atoms with E-state index in [0.29, 0.717) is 13.0 Å². The zero-order valence-electron chi connectivity index (χ0n) is 8.49. The molecule has 0 aliphatic carbocycles. The number of hydrogen-bond donors (Lipinski definition) is 1. The molecule has 0 bridgehead atoms. The number of nitrogens with zero attached hydrogens (tertiary/aromatic N) is 1. The van der Waals surface area contributed by atoms with Gasteiger partial charge in [0.1, 0.15) is 0 Å². The highest BCUT2D eigenvalue weighted by atomic mass is 16.3. The van der Waals surface area contributed by atoms with Crippen LogP contribution in [0.5, 0.6) is 0 Å². The van der Waals surface area contributed by atoms with E-state index in [-0.39, 0.29) is 23.8 Å². The number of amides is 2. The number of hydrogen-bond acceptors (Lipinski definition) is 3. The molecule has 2 amide bonds. The Morgan fingerprint density at radius 2 is 1.79 bits per heavy atom. The van der Waals surface area contributed by atoms with Gasteiger partial charge < -0.3 is 5.11 Å². The average molecular weight is 197 g/mol. The molecule has 14 heavy (non-hydrogen) atoms. The van der Waals surface area contributed by atoms with Gasteiger partial charge in [0.2, 0.25) is 0 Å². The fraction of sp³-hybridized carbons (Fsp3) is 0.600. The van der Waals surface area contributed by atoms with Crippen LogP contribution < -0.4 is 0 Å². The van der Waals surface area contributed by atoms with Crippen LogP contribution >= 0.6 is 0 Å². The maximum absolute atomic E-state index is 11.2. The number of rotatable bonds is 4. The van der Waals surface area contributed by atoms with Crippen molar-refractivity contribution in [3.8, 4) is 0 Å². The Morgan fingerprint density at radius 1 is 1.29 bits per heavy atom. The minimum absolute atomic E-state index is 0.0661. The van der Waals surface area contributed by atoms with Crippen LogP contribution in [0, 0.1) is 5.41 Å². The molecule has 1 aliphatic rings. The molecule has 0 atom stereocenters. The fourth-order valence-electron chi connectivity index (χ4n) is 1.40. The Bertz CT molecular complexity index is 263. The average Bonchev–Trinajstić information content (AvgIpc) is 2.35. The quantitative estimate of drug-likeness (QED) is 0.660. The van der Waals surface area contributed by atoms with Crippen molar-refractivity contribution in [2.45, 2.75) is 20.3 Å². The van der Waals surface area contributed by atoms with Crippen molar-refractivity contribution in [3.05, 3.63) is 12.2 Å². The van der Waals surface area contributed by atoms with E-state index in [9.17, 15) is 9.59 Å². The lowest BCUT2D eigenvalue weighted by Crippen LogP contribution is -2.38. The van der Waals surface area contributed by atoms with Gasteiger partial charge >= 0.3 is 0 Å². The molecule has 78 valence electrons. The highest BCUT2D eigenvalue weighted by Crippen LogP contribution is 2.22. The topological polar surface area (TPSA) is 57.6 Å². The second kappa shape index (κ2) is 3.92. The van der Waals surface area contributed by atoms with E-state index in [1.54, 1.807) is 0 Å². The molecule has 1 heterocycles. The van der Waals surface area contributed by atoms with Crippen molar-refractivity contribution >= 4 is 11.8 Å². The number of carbonyl (C=O) groups is 2. The minimum Gasteiger partial charge on any atom is -0.396 e. The zero-order valence-corrected chi connectivity index (χ0v) is 8.49. The molecule has 0 aromatic heterocycles. The first-order valence-electron chi connectivity index (χ1n) is 4.61. The Kier molecular flexibility index (Phi) is 3.06. The normalized spacial score (nSPS) is 16.9. The van der Waals surface area contributed by atoms with Crippen molar-refractivity contribution in [2.75, 3.05) is 13.2 Å². The molecular formula is C10H15NO3. The van der Waals surface area contributed by atoms with Gasteiger partial charge in [0.25, 0.3) is 11.8 Å². The van der Waals surface area contributed by atoms with E-state index in [4.69, 9.17) is 5.11 Å². The summed E-state index contributed by atoms with van der Waals surface area (Å²) in [6, 6.07) is 0. The first-order valence-corrected chi connectivity index (χ1v) is 4.61. The molecule has 0 fully saturated rings. The maximum atomic E-state index is 11.2. The van der Waals surface area contributed by atoms with Gasteiger partial charge in [-0.15, -0.1) is 0 Å². The predicted octanol–water partition coefficient (Wildman–Crippen LogP) is 0.320. The Morgan fingerprint density at radius 3 is 2.21 bits per heavy atom. The molecule has 0 saturated carbocycles. The molecule has 4 heteroatoms. The summed E-state index contributed by atoms with van der Waals surface area (Å²) in [4.78, 5) is 23.6. The second-order valence-corrected chi connectivity index (χ2v) is 4.23. The third kappa shape index (κ3) is 2.42. The monoisotopic (exact) mass is 197 g/mol. The molecule has 0 radical (unpaired) electrons. The standard InChI is InChI=1S/C10H15NO3/c1-10(2,5-6-12)7-11-8(13)3-4-9(11)14/h3-4,12H,5-7H2,1-2H3. The summed E-state index contributed by atoms with van der Waals surface area (Å²) in [5.74, 6) is -0.526. The highest BCUT2D eigenvalue weighted by Gasteiger charge is 2.29. The van der Waals surface area contributed by atoms with Crippen LogP contribution in [0.15, 0.2) is 12.2 Å². The van der Waals surface area contributed by atoms with E-state index in [2.05, 4.69) is 0 Å². The summed E-state index contributed by atoms with van der Waals surface area (Å²) in [7, 11) is 0. The molecule has 1 rings (SSSR count). The number of imide groups is 1. The third-order valence-electron chi connectivity index (χ3n) is 2.28. The van der Waals surface area contributed by atoms with Gasteiger partial charge in [0.05, 0.1) is 0 Å². The van der Waals surface area contributed by atoms with Crippen LogP contribution in [-0.4, -0.2) is 35.0 Å². The molecule has 0 unspecified atom stereocenters. The molecular weight excluding hydrogens is 182 g/mol. The number of aliphatic hydroxyl groups excluding tert-OH is 1. The van der Waals surface area contributed by atoms with E-state index >= 15 is 0 Å². The van der Waals surface area contributed by atoms with Crippen molar-refractivity contribution in [2.24, 2.45) is 5.41 Å². The number of aliphatic hydroxyl groups is 1. The summed E-state index contributed by atoms with van der Waals surface area (Å²) in [6.45, 7) is 4.26. The van der Waals surface area contributed by atoms with Gasteiger partial charge in [0, 0.05) is 25.3 Å². The van der Waals surface area contributed by atoms with Crippen LogP contribution in [0.4, 0.5) is 0 Å². The summed E-state index contributed by atoms with van der Waals surface area (Å²) < 4.78 is 0. The van der Waals surface area contributed by atoms with Crippen LogP contribution in [0.2, 0.25) is 0 Å². The van der Waals surface area contributed by atoms with E-state index in [1.165, 1.54) is 17.1 Å². The molecule has 4 nitrogen and oxygen atoms in total. The molecule has 1 N–H and O–H groups in total. The lowest BCUT2D eigenvalue weighted by atomic mass is 9.89. The van der Waals surface area contributed by atoms with Crippen molar-refractivity contribution < 1.29 is 14.7 Å². The zero-order chi connectivity index (χ0) is 10.8. The van der Waals surface area contributed by atoms with Crippen LogP contribution in [0.1, 0.15) is 20.3 Å². The van der Waals surface area contributed by atoms with Gasteiger partial charge in [0.15, 0.2) is 0 Å². The SMILES string of the molecule is CC(C)(CCO)CN1C(=O)C=CC1=O. The summed E-state index contributed by atoms with van der Waals surface area (Å²) >= 11 is 0. The largest absolute Gasteiger partial charge is 0.396 e. The van der Waals surface area contributed by atoms with Gasteiger partial charge in [-0.25, -0.2) is 0 Å². The highest BCUT2D eigenvalue weighted by molar-refractivity contribution is 6.12. The van der Waals surface area contributed by atoms with E-state index < -0.39 is 0 Å². The lowest BCUT2D eigenvalue weighted by molar-refractivity contribution is -0.138. The maximum Gasteiger partial charge on any atom is 0.253 e. The van der Waals surface area contributed by atoms with Gasteiger partial charge in [-0.1, -0.05) is 13.8 Å². The van der Waals surface area contributed by atoms with Gasteiger partial charge in [-0.05, 0) is 11.8 Å². The summed E-state index contributed by atoms with van der Waals surface area (Å²) in [6.07, 6.45) is 3.12. The van der Waals surface area contributed by atoms with E-state index in [1.807, 2.05) is 13.8 Å². The lowest BCUT2D eigenvalue weighted by Gasteiger charge is -2.28. The Hall–Kier alpha value is -1.16. The van der Waals surface area contributed by atoms with Crippen LogP contribution in [-0.2, 0) is 9.59 Å². The molecule has 0 saturated heterocycles.